The van der Waals surface area contributed by atoms with Crippen molar-refractivity contribution in [1.29, 1.82) is 0 Å². The summed E-state index contributed by atoms with van der Waals surface area (Å²) in [6.07, 6.45) is 16.5. The van der Waals surface area contributed by atoms with Gasteiger partial charge in [0.1, 0.15) is 0 Å². The molecule has 0 saturated heterocycles. The summed E-state index contributed by atoms with van der Waals surface area (Å²) in [5.41, 5.74) is 10.1. The number of hydrogen-bond acceptors (Lipinski definition) is 2. The van der Waals surface area contributed by atoms with Crippen molar-refractivity contribution in [2.75, 3.05) is 9.80 Å². The Labute approximate surface area is 324 Å². The molecule has 2 heteroatoms. The molecule has 10 rings (SSSR count). The zero-order valence-electron chi connectivity index (χ0n) is 31.4. The lowest BCUT2D eigenvalue weighted by molar-refractivity contribution is 0.592. The van der Waals surface area contributed by atoms with E-state index in [1.807, 2.05) is 0 Å². The second-order valence-corrected chi connectivity index (χ2v) is 15.7. The van der Waals surface area contributed by atoms with Crippen LogP contribution in [0.2, 0.25) is 0 Å². The third kappa shape index (κ3) is 5.99. The van der Waals surface area contributed by atoms with Crippen LogP contribution >= 0.6 is 0 Å². The van der Waals surface area contributed by atoms with Crippen LogP contribution in [0.15, 0.2) is 187 Å². The highest BCUT2D eigenvalue weighted by Crippen LogP contribution is 2.52. The van der Waals surface area contributed by atoms with Gasteiger partial charge in [0.15, 0.2) is 0 Å². The molecule has 0 N–H and O–H groups in total. The molecule has 0 fully saturated rings. The Balaban J connectivity index is 0.959. The van der Waals surface area contributed by atoms with Crippen LogP contribution in [0.5, 0.6) is 0 Å². The van der Waals surface area contributed by atoms with E-state index in [-0.39, 0.29) is 11.5 Å². The van der Waals surface area contributed by atoms with Gasteiger partial charge in [-0.3, -0.25) is 0 Å². The lowest BCUT2D eigenvalue weighted by Gasteiger charge is -2.46. The Hall–Kier alpha value is -6.38. The molecule has 1 aliphatic heterocycles. The summed E-state index contributed by atoms with van der Waals surface area (Å²) in [5.74, 6) is 0.328. The molecule has 1 heterocycles. The second-order valence-electron chi connectivity index (χ2n) is 15.7. The van der Waals surface area contributed by atoms with Gasteiger partial charge in [0.05, 0.1) is 11.7 Å². The van der Waals surface area contributed by atoms with Crippen molar-refractivity contribution in [3.63, 3.8) is 0 Å². The van der Waals surface area contributed by atoms with Gasteiger partial charge >= 0.3 is 0 Å². The SMILES string of the molecule is CC1(C)C2=CC(/C=C/c3ccc4c(c3)=CCC(N(c3ccc5ccccc5c3)c3ccc5ccccc5c3)C=4)CC=C2N(c2ccccc2)c2ccccc21. The summed E-state index contributed by atoms with van der Waals surface area (Å²) in [6, 6.07) is 57.9. The van der Waals surface area contributed by atoms with Crippen molar-refractivity contribution in [3.8, 4) is 0 Å². The van der Waals surface area contributed by atoms with Gasteiger partial charge in [0.25, 0.3) is 0 Å². The van der Waals surface area contributed by atoms with Crippen LogP contribution < -0.4 is 20.2 Å². The minimum Gasteiger partial charge on any atom is -0.334 e. The number of allylic oxidation sites excluding steroid dienone is 4. The second kappa shape index (κ2) is 13.5. The number of benzene rings is 7. The topological polar surface area (TPSA) is 6.48 Å². The maximum absolute atomic E-state index is 2.52. The van der Waals surface area contributed by atoms with Crippen LogP contribution in [-0.2, 0) is 5.41 Å². The highest BCUT2D eigenvalue weighted by molar-refractivity contribution is 5.90. The van der Waals surface area contributed by atoms with Gasteiger partial charge in [-0.2, -0.15) is 0 Å². The van der Waals surface area contributed by atoms with E-state index in [2.05, 4.69) is 218 Å². The van der Waals surface area contributed by atoms with Crippen molar-refractivity contribution in [2.45, 2.75) is 38.1 Å². The molecule has 0 saturated carbocycles. The highest BCUT2D eigenvalue weighted by atomic mass is 15.2. The molecule has 0 aromatic heterocycles. The van der Waals surface area contributed by atoms with Crippen LogP contribution in [0.3, 0.4) is 0 Å². The standard InChI is InChI=1S/C53H44N2/c1-53(2)49-18-10-11-19-51(49)55(45-16-4-3-5-17-45)52-31-23-38(33-50(52)53)21-20-37-22-24-44-36-48(30-27-43(44)32-37)54(46-28-25-39-12-6-8-14-41(39)34-46)47-29-26-40-13-7-9-15-42(40)35-47/h3-22,24-29,31-36,38,48H,23,30H2,1-2H3/b21-20+. The molecular weight excluding hydrogens is 665 g/mol. The van der Waals surface area contributed by atoms with Gasteiger partial charge in [0.2, 0.25) is 0 Å². The fourth-order valence-electron chi connectivity index (χ4n) is 9.08. The van der Waals surface area contributed by atoms with Crippen molar-refractivity contribution in [2.24, 2.45) is 5.92 Å². The van der Waals surface area contributed by atoms with E-state index in [9.17, 15) is 0 Å². The van der Waals surface area contributed by atoms with E-state index < -0.39 is 0 Å². The highest BCUT2D eigenvalue weighted by Gasteiger charge is 2.40. The number of hydrogen-bond donors (Lipinski definition) is 0. The number of anilines is 4. The Morgan fingerprint density at radius 1 is 0.582 bits per heavy atom. The molecule has 0 spiro atoms. The smallest absolute Gasteiger partial charge is 0.0566 e. The molecular formula is C53H44N2. The predicted molar refractivity (Wildman–Crippen MR) is 234 cm³/mol. The zero-order valence-corrected chi connectivity index (χ0v) is 31.4. The van der Waals surface area contributed by atoms with Gasteiger partial charge < -0.3 is 9.80 Å². The molecule has 7 aromatic carbocycles. The monoisotopic (exact) mass is 708 g/mol. The Morgan fingerprint density at radius 3 is 1.96 bits per heavy atom. The van der Waals surface area contributed by atoms with Crippen LogP contribution in [-0.4, -0.2) is 6.04 Å². The summed E-state index contributed by atoms with van der Waals surface area (Å²) in [7, 11) is 0. The number of nitrogens with zero attached hydrogens (tertiary/aromatic N) is 2. The molecule has 2 atom stereocenters. The summed E-state index contributed by atoms with van der Waals surface area (Å²) in [6.45, 7) is 4.76. The first-order valence-electron chi connectivity index (χ1n) is 19.6. The zero-order chi connectivity index (χ0) is 36.9. The molecule has 7 aromatic rings. The summed E-state index contributed by atoms with van der Waals surface area (Å²) in [5, 5.41) is 7.63. The maximum Gasteiger partial charge on any atom is 0.0566 e. The molecule has 3 aliphatic rings. The van der Waals surface area contributed by atoms with Crippen molar-refractivity contribution in [1.82, 2.24) is 0 Å². The van der Waals surface area contributed by atoms with Crippen LogP contribution in [0.25, 0.3) is 39.8 Å². The lowest BCUT2D eigenvalue weighted by Crippen LogP contribution is -2.38. The fourth-order valence-corrected chi connectivity index (χ4v) is 9.08. The van der Waals surface area contributed by atoms with Crippen LogP contribution in [0.1, 0.15) is 37.8 Å². The molecule has 266 valence electrons. The Morgan fingerprint density at radius 2 is 1.24 bits per heavy atom. The first-order valence-corrected chi connectivity index (χ1v) is 19.6. The molecule has 2 aliphatic carbocycles. The molecule has 0 amide bonds. The Bertz CT molecular complexity index is 2740. The third-order valence-electron chi connectivity index (χ3n) is 11.9. The van der Waals surface area contributed by atoms with Crippen molar-refractivity contribution in [3.05, 3.63) is 209 Å². The summed E-state index contributed by atoms with van der Waals surface area (Å²) < 4.78 is 0. The van der Waals surface area contributed by atoms with E-state index in [1.54, 1.807) is 0 Å². The number of rotatable bonds is 6. The first kappa shape index (κ1) is 33.2. The van der Waals surface area contributed by atoms with Crippen LogP contribution in [0, 0.1) is 5.92 Å². The Kier molecular flexibility index (Phi) is 8.14. The molecule has 55 heavy (non-hydrogen) atoms. The maximum atomic E-state index is 2.52. The third-order valence-corrected chi connectivity index (χ3v) is 11.9. The van der Waals surface area contributed by atoms with Gasteiger partial charge in [-0.25, -0.2) is 0 Å². The van der Waals surface area contributed by atoms with E-state index >= 15 is 0 Å². The quantitative estimate of drug-likeness (QED) is 0.170. The fraction of sp³-hybridized carbons (Fsp3) is 0.132. The van der Waals surface area contributed by atoms with Gasteiger partial charge in [-0.05, 0) is 116 Å². The van der Waals surface area contributed by atoms with Gasteiger partial charge in [-0.1, -0.05) is 159 Å². The van der Waals surface area contributed by atoms with E-state index in [1.165, 1.54) is 77.1 Å². The van der Waals surface area contributed by atoms with Crippen molar-refractivity contribution < 1.29 is 0 Å². The van der Waals surface area contributed by atoms with E-state index in [0.717, 1.165) is 12.8 Å². The minimum atomic E-state index is -0.0963. The summed E-state index contributed by atoms with van der Waals surface area (Å²) >= 11 is 0. The van der Waals surface area contributed by atoms with Crippen LogP contribution in [0.4, 0.5) is 22.7 Å². The normalized spacial score (nSPS) is 18.4. The largest absolute Gasteiger partial charge is 0.334 e. The van der Waals surface area contributed by atoms with Crippen molar-refractivity contribution >= 4 is 62.5 Å². The number of para-hydroxylation sites is 2. The number of fused-ring (bicyclic) bond motifs is 5. The molecule has 0 bridgehead atoms. The van der Waals surface area contributed by atoms with Gasteiger partial charge in [-0.15, -0.1) is 0 Å². The van der Waals surface area contributed by atoms with E-state index in [0.29, 0.717) is 5.92 Å². The summed E-state index contributed by atoms with van der Waals surface area (Å²) in [4.78, 5) is 4.98. The average molecular weight is 709 g/mol. The lowest BCUT2D eigenvalue weighted by atomic mass is 9.69. The first-order chi connectivity index (χ1) is 27.0. The van der Waals surface area contributed by atoms with Gasteiger partial charge in [0, 0.05) is 28.2 Å². The minimum absolute atomic E-state index is 0.0963. The molecule has 2 nitrogen and oxygen atoms in total. The predicted octanol–water partition coefficient (Wildman–Crippen LogP) is 12.1. The average Bonchev–Trinajstić information content (AvgIpc) is 3.23. The molecule has 2 unspecified atom stereocenters. The van der Waals surface area contributed by atoms with E-state index in [4.69, 9.17) is 0 Å². The molecule has 0 radical (unpaired) electrons.